The maximum absolute atomic E-state index is 2.43. The normalized spacial score (nSPS) is 53.8. The molecular formula is C11H22N+. The zero-order valence-corrected chi connectivity index (χ0v) is 8.71. The first-order chi connectivity index (χ1) is 5.61. The van der Waals surface area contributed by atoms with Gasteiger partial charge >= 0.3 is 0 Å². The molecule has 2 heterocycles. The third-order valence-corrected chi connectivity index (χ3v) is 4.12. The monoisotopic (exact) mass is 168 g/mol. The number of hydrogen-bond donors (Lipinski definition) is 0. The summed E-state index contributed by atoms with van der Waals surface area (Å²) in [5, 5.41) is 0. The van der Waals surface area contributed by atoms with Crippen molar-refractivity contribution in [2.75, 3.05) is 26.2 Å². The first kappa shape index (κ1) is 8.55. The largest absolute Gasteiger partial charge is 0.323 e. The fraction of sp³-hybridized carbons (Fsp3) is 1.00. The molecule has 3 unspecified atom stereocenters. The smallest absolute Gasteiger partial charge is 0.0817 e. The molecule has 1 heteroatoms. The van der Waals surface area contributed by atoms with E-state index in [1.165, 1.54) is 37.1 Å². The molecule has 1 spiro atoms. The minimum atomic E-state index is 0.968. The second-order valence-electron chi connectivity index (χ2n) is 5.46. The van der Waals surface area contributed by atoms with Crippen molar-refractivity contribution in [3.05, 3.63) is 0 Å². The first-order valence-electron chi connectivity index (χ1n) is 5.46. The van der Waals surface area contributed by atoms with Crippen LogP contribution in [0, 0.1) is 17.8 Å². The van der Waals surface area contributed by atoms with Crippen molar-refractivity contribution in [1.29, 1.82) is 0 Å². The molecule has 12 heavy (non-hydrogen) atoms. The van der Waals surface area contributed by atoms with E-state index in [0.717, 1.165) is 17.8 Å². The summed E-state index contributed by atoms with van der Waals surface area (Å²) >= 11 is 0. The molecule has 0 saturated carbocycles. The van der Waals surface area contributed by atoms with Gasteiger partial charge in [0.15, 0.2) is 0 Å². The van der Waals surface area contributed by atoms with Crippen molar-refractivity contribution in [1.82, 2.24) is 0 Å². The maximum atomic E-state index is 2.43. The number of nitrogens with zero attached hydrogens (tertiary/aromatic N) is 1. The molecule has 0 aliphatic carbocycles. The topological polar surface area (TPSA) is 0 Å². The number of quaternary nitrogens is 1. The maximum Gasteiger partial charge on any atom is 0.0817 e. The average Bonchev–Trinajstić information content (AvgIpc) is 2.42. The highest BCUT2D eigenvalue weighted by molar-refractivity contribution is 4.74. The molecule has 0 radical (unpaired) electrons. The van der Waals surface area contributed by atoms with Crippen LogP contribution in [0.25, 0.3) is 0 Å². The summed E-state index contributed by atoms with van der Waals surface area (Å²) in [5.41, 5.74) is 0. The van der Waals surface area contributed by atoms with Gasteiger partial charge in [0.2, 0.25) is 0 Å². The van der Waals surface area contributed by atoms with E-state index >= 15 is 0 Å². The van der Waals surface area contributed by atoms with Gasteiger partial charge in [-0.25, -0.2) is 0 Å². The third kappa shape index (κ3) is 1.28. The lowest BCUT2D eigenvalue weighted by atomic mass is 10.0. The Labute approximate surface area is 76.3 Å². The molecule has 2 rings (SSSR count). The van der Waals surface area contributed by atoms with Crippen LogP contribution < -0.4 is 0 Å². The van der Waals surface area contributed by atoms with Crippen LogP contribution in [0.4, 0.5) is 0 Å². The zero-order chi connectivity index (χ0) is 8.77. The predicted octanol–water partition coefficient (Wildman–Crippen LogP) is 2.13. The highest BCUT2D eigenvalue weighted by atomic mass is 15.4. The van der Waals surface area contributed by atoms with Gasteiger partial charge in [-0.1, -0.05) is 20.8 Å². The highest BCUT2D eigenvalue weighted by Crippen LogP contribution is 2.35. The van der Waals surface area contributed by atoms with E-state index in [1.54, 1.807) is 0 Å². The second-order valence-corrected chi connectivity index (χ2v) is 5.46. The van der Waals surface area contributed by atoms with Crippen molar-refractivity contribution in [3.63, 3.8) is 0 Å². The van der Waals surface area contributed by atoms with Gasteiger partial charge in [-0.2, -0.15) is 0 Å². The molecular weight excluding hydrogens is 146 g/mol. The minimum Gasteiger partial charge on any atom is -0.323 e. The molecule has 70 valence electrons. The van der Waals surface area contributed by atoms with Crippen LogP contribution in [0.2, 0.25) is 0 Å². The Hall–Kier alpha value is -0.0400. The molecule has 2 fully saturated rings. The minimum absolute atomic E-state index is 0.968. The Balaban J connectivity index is 2.05. The molecule has 0 N–H and O–H groups in total. The van der Waals surface area contributed by atoms with Crippen molar-refractivity contribution >= 4 is 0 Å². The quantitative estimate of drug-likeness (QED) is 0.486. The van der Waals surface area contributed by atoms with Crippen LogP contribution in [0.1, 0.15) is 27.2 Å². The molecule has 0 aromatic rings. The van der Waals surface area contributed by atoms with Crippen molar-refractivity contribution in [2.45, 2.75) is 27.2 Å². The molecule has 0 aromatic heterocycles. The van der Waals surface area contributed by atoms with Gasteiger partial charge in [0.05, 0.1) is 26.2 Å². The average molecular weight is 168 g/mol. The molecule has 2 saturated heterocycles. The van der Waals surface area contributed by atoms with Crippen LogP contribution in [-0.2, 0) is 0 Å². The number of hydrogen-bond acceptors (Lipinski definition) is 0. The molecule has 0 amide bonds. The Morgan fingerprint density at radius 1 is 0.917 bits per heavy atom. The molecule has 2 aliphatic heterocycles. The van der Waals surface area contributed by atoms with Gasteiger partial charge in [0.1, 0.15) is 0 Å². The Kier molecular flexibility index (Phi) is 1.95. The van der Waals surface area contributed by atoms with Crippen LogP contribution in [0.5, 0.6) is 0 Å². The Bertz CT molecular complexity index is 166. The fourth-order valence-electron chi connectivity index (χ4n) is 3.33. The van der Waals surface area contributed by atoms with E-state index in [-0.39, 0.29) is 0 Å². The lowest BCUT2D eigenvalue weighted by Crippen LogP contribution is -2.43. The summed E-state index contributed by atoms with van der Waals surface area (Å²) in [6.45, 7) is 13.1. The molecule has 2 aliphatic rings. The summed E-state index contributed by atoms with van der Waals surface area (Å²) in [6.07, 6.45) is 1.47. The first-order valence-corrected chi connectivity index (χ1v) is 5.46. The summed E-state index contributed by atoms with van der Waals surface area (Å²) in [4.78, 5) is 0. The van der Waals surface area contributed by atoms with Gasteiger partial charge in [-0.15, -0.1) is 0 Å². The van der Waals surface area contributed by atoms with E-state index < -0.39 is 0 Å². The summed E-state index contributed by atoms with van der Waals surface area (Å²) in [7, 11) is 0. The van der Waals surface area contributed by atoms with Gasteiger partial charge < -0.3 is 4.48 Å². The molecule has 3 atom stereocenters. The summed E-state index contributed by atoms with van der Waals surface area (Å²) < 4.78 is 1.46. The molecule has 0 aromatic carbocycles. The number of rotatable bonds is 0. The Morgan fingerprint density at radius 2 is 1.50 bits per heavy atom. The standard InChI is InChI=1S/C11H22N/c1-9-4-5-12(6-9)7-10(2)11(3)8-12/h9-11H,4-8H2,1-3H3/q+1. The zero-order valence-electron chi connectivity index (χ0n) is 8.71. The van der Waals surface area contributed by atoms with Crippen molar-refractivity contribution < 1.29 is 4.48 Å². The SMILES string of the molecule is CC1CC[N+]2(C1)CC(C)C(C)C2. The highest BCUT2D eigenvalue weighted by Gasteiger charge is 2.44. The van der Waals surface area contributed by atoms with Crippen LogP contribution in [-0.4, -0.2) is 30.7 Å². The van der Waals surface area contributed by atoms with E-state index in [4.69, 9.17) is 0 Å². The third-order valence-electron chi connectivity index (χ3n) is 4.12. The Morgan fingerprint density at radius 3 is 1.92 bits per heavy atom. The van der Waals surface area contributed by atoms with Gasteiger partial charge in [0.25, 0.3) is 0 Å². The summed E-state index contributed by atoms with van der Waals surface area (Å²) in [5.74, 6) is 2.92. The lowest BCUT2D eigenvalue weighted by Gasteiger charge is -2.29. The predicted molar refractivity (Wildman–Crippen MR) is 51.8 cm³/mol. The van der Waals surface area contributed by atoms with Crippen LogP contribution in [0.3, 0.4) is 0 Å². The molecule has 1 nitrogen and oxygen atoms in total. The second kappa shape index (κ2) is 2.73. The van der Waals surface area contributed by atoms with Gasteiger partial charge in [-0.3, -0.25) is 0 Å². The summed E-state index contributed by atoms with van der Waals surface area (Å²) in [6, 6.07) is 0. The molecule has 0 bridgehead atoms. The van der Waals surface area contributed by atoms with E-state index in [0.29, 0.717) is 0 Å². The van der Waals surface area contributed by atoms with E-state index in [2.05, 4.69) is 20.8 Å². The van der Waals surface area contributed by atoms with Crippen LogP contribution >= 0.6 is 0 Å². The van der Waals surface area contributed by atoms with Crippen molar-refractivity contribution in [3.8, 4) is 0 Å². The van der Waals surface area contributed by atoms with Gasteiger partial charge in [0, 0.05) is 24.2 Å². The van der Waals surface area contributed by atoms with E-state index in [9.17, 15) is 0 Å². The fourth-order valence-corrected chi connectivity index (χ4v) is 3.33. The van der Waals surface area contributed by atoms with Crippen LogP contribution in [0.15, 0.2) is 0 Å². The van der Waals surface area contributed by atoms with Gasteiger partial charge in [-0.05, 0) is 0 Å². The van der Waals surface area contributed by atoms with E-state index in [1.807, 2.05) is 0 Å². The lowest BCUT2D eigenvalue weighted by molar-refractivity contribution is -0.908. The van der Waals surface area contributed by atoms with Crippen molar-refractivity contribution in [2.24, 2.45) is 17.8 Å².